The maximum absolute atomic E-state index is 13.2. The van der Waals surface area contributed by atoms with Crippen molar-refractivity contribution in [2.24, 2.45) is 0 Å². The minimum absolute atomic E-state index is 0.0287. The van der Waals surface area contributed by atoms with Crippen molar-refractivity contribution in [2.45, 2.75) is 50.6 Å². The molecule has 0 bridgehead atoms. The molecule has 180 valence electrons. The van der Waals surface area contributed by atoms with Gasteiger partial charge in [-0.2, -0.15) is 4.31 Å². The van der Waals surface area contributed by atoms with Gasteiger partial charge in [-0.1, -0.05) is 48.9 Å². The van der Waals surface area contributed by atoms with Crippen LogP contribution in [0.15, 0.2) is 59.5 Å². The Balaban J connectivity index is 2.20. The first-order valence-electron chi connectivity index (χ1n) is 10.9. The van der Waals surface area contributed by atoms with E-state index >= 15 is 0 Å². The first-order chi connectivity index (χ1) is 15.6. The molecule has 1 N–H and O–H groups in total. The lowest BCUT2D eigenvalue weighted by molar-refractivity contribution is -0.140. The van der Waals surface area contributed by atoms with Crippen LogP contribution in [0.2, 0.25) is 5.02 Å². The lowest BCUT2D eigenvalue weighted by Crippen LogP contribution is -2.52. The van der Waals surface area contributed by atoms with E-state index in [1.807, 2.05) is 44.2 Å². The topological polar surface area (TPSA) is 86.8 Å². The third kappa shape index (κ3) is 7.55. The number of hydrogen-bond acceptors (Lipinski definition) is 4. The fourth-order valence-electron chi connectivity index (χ4n) is 3.19. The van der Waals surface area contributed by atoms with Gasteiger partial charge in [0.1, 0.15) is 6.04 Å². The third-order valence-electron chi connectivity index (χ3n) is 5.53. The number of nitrogens with zero attached hydrogens (tertiary/aromatic N) is 2. The number of likely N-dealkylation sites (N-methyl/N-ethyl adjacent to an activating group) is 1. The van der Waals surface area contributed by atoms with E-state index in [2.05, 4.69) is 5.32 Å². The standard InChI is InChI=1S/C24H32ClN3O4S/c1-5-18(2)26-24(30)19(3)28(16-15-20-9-7-6-8-10-20)23(29)17-27(4)33(31,32)22-13-11-21(25)12-14-22/h6-14,18-19H,5,15-17H2,1-4H3,(H,26,30). The van der Waals surface area contributed by atoms with Gasteiger partial charge in [0.25, 0.3) is 0 Å². The fraction of sp³-hybridized carbons (Fsp3) is 0.417. The summed E-state index contributed by atoms with van der Waals surface area (Å²) >= 11 is 5.86. The Morgan fingerprint density at radius 2 is 1.64 bits per heavy atom. The first-order valence-corrected chi connectivity index (χ1v) is 12.7. The normalized spacial score (nSPS) is 13.4. The van der Waals surface area contributed by atoms with E-state index in [9.17, 15) is 18.0 Å². The number of rotatable bonds is 11. The minimum Gasteiger partial charge on any atom is -0.352 e. The minimum atomic E-state index is -3.89. The monoisotopic (exact) mass is 493 g/mol. The maximum atomic E-state index is 13.2. The van der Waals surface area contributed by atoms with Gasteiger partial charge >= 0.3 is 0 Å². The molecular formula is C24H32ClN3O4S. The Labute approximate surface area is 201 Å². The van der Waals surface area contributed by atoms with Crippen molar-refractivity contribution < 1.29 is 18.0 Å². The zero-order valence-electron chi connectivity index (χ0n) is 19.5. The summed E-state index contributed by atoms with van der Waals surface area (Å²) in [6, 6.07) is 14.6. The molecule has 9 heteroatoms. The van der Waals surface area contributed by atoms with E-state index in [-0.39, 0.29) is 29.9 Å². The average Bonchev–Trinajstić information content (AvgIpc) is 2.79. The smallest absolute Gasteiger partial charge is 0.243 e. The lowest BCUT2D eigenvalue weighted by Gasteiger charge is -2.31. The van der Waals surface area contributed by atoms with E-state index in [0.717, 1.165) is 16.3 Å². The second kappa shape index (κ2) is 12.2. The molecule has 2 aromatic carbocycles. The van der Waals surface area contributed by atoms with Crippen LogP contribution in [0.5, 0.6) is 0 Å². The van der Waals surface area contributed by atoms with E-state index in [1.165, 1.54) is 36.2 Å². The molecule has 0 aliphatic carbocycles. The van der Waals surface area contributed by atoms with Crippen LogP contribution in [0.1, 0.15) is 32.8 Å². The van der Waals surface area contributed by atoms with Crippen LogP contribution in [-0.2, 0) is 26.0 Å². The molecular weight excluding hydrogens is 462 g/mol. The van der Waals surface area contributed by atoms with Crippen LogP contribution >= 0.6 is 11.6 Å². The third-order valence-corrected chi connectivity index (χ3v) is 7.60. The largest absolute Gasteiger partial charge is 0.352 e. The Morgan fingerprint density at radius 3 is 2.21 bits per heavy atom. The number of carbonyl (C=O) groups is 2. The molecule has 0 aliphatic rings. The molecule has 0 aliphatic heterocycles. The van der Waals surface area contributed by atoms with Gasteiger partial charge in [-0.25, -0.2) is 8.42 Å². The number of carbonyl (C=O) groups excluding carboxylic acids is 2. The molecule has 33 heavy (non-hydrogen) atoms. The van der Waals surface area contributed by atoms with Crippen LogP contribution in [0.4, 0.5) is 0 Å². The highest BCUT2D eigenvalue weighted by molar-refractivity contribution is 7.89. The van der Waals surface area contributed by atoms with Gasteiger partial charge in [0, 0.05) is 24.7 Å². The Kier molecular flexibility index (Phi) is 9.88. The van der Waals surface area contributed by atoms with E-state index in [1.54, 1.807) is 6.92 Å². The number of amides is 2. The average molecular weight is 494 g/mol. The number of sulfonamides is 1. The predicted molar refractivity (Wildman–Crippen MR) is 130 cm³/mol. The molecule has 0 saturated heterocycles. The van der Waals surface area contributed by atoms with Gasteiger partial charge in [-0.15, -0.1) is 0 Å². The highest BCUT2D eigenvalue weighted by atomic mass is 35.5. The SMILES string of the molecule is CCC(C)NC(=O)C(C)N(CCc1ccccc1)C(=O)CN(C)S(=O)(=O)c1ccc(Cl)cc1. The van der Waals surface area contributed by atoms with E-state index in [0.29, 0.717) is 11.4 Å². The molecule has 2 rings (SSSR count). The second-order valence-electron chi connectivity index (χ2n) is 8.03. The number of nitrogens with one attached hydrogen (secondary N) is 1. The zero-order chi connectivity index (χ0) is 24.6. The number of hydrogen-bond donors (Lipinski definition) is 1. The summed E-state index contributed by atoms with van der Waals surface area (Å²) in [5, 5.41) is 3.32. The molecule has 0 spiro atoms. The van der Waals surface area contributed by atoms with Crippen molar-refractivity contribution in [3.63, 3.8) is 0 Å². The van der Waals surface area contributed by atoms with Crippen LogP contribution in [0, 0.1) is 0 Å². The molecule has 0 fully saturated rings. The van der Waals surface area contributed by atoms with Crippen LogP contribution in [0.3, 0.4) is 0 Å². The molecule has 2 amide bonds. The summed E-state index contributed by atoms with van der Waals surface area (Å²) in [5.74, 6) is -0.716. The Hall–Kier alpha value is -2.42. The fourth-order valence-corrected chi connectivity index (χ4v) is 4.43. The van der Waals surface area contributed by atoms with Crippen molar-refractivity contribution in [2.75, 3.05) is 20.1 Å². The molecule has 2 atom stereocenters. The quantitative estimate of drug-likeness (QED) is 0.520. The lowest BCUT2D eigenvalue weighted by atomic mass is 10.1. The molecule has 7 nitrogen and oxygen atoms in total. The van der Waals surface area contributed by atoms with Crippen LogP contribution < -0.4 is 5.32 Å². The van der Waals surface area contributed by atoms with E-state index < -0.39 is 22.0 Å². The Morgan fingerprint density at radius 1 is 1.03 bits per heavy atom. The predicted octanol–water partition coefficient (Wildman–Crippen LogP) is 3.34. The summed E-state index contributed by atoms with van der Waals surface area (Å²) in [7, 11) is -2.55. The van der Waals surface area contributed by atoms with Gasteiger partial charge in [-0.05, 0) is 56.5 Å². The Bertz CT molecular complexity index is 1030. The molecule has 2 unspecified atom stereocenters. The van der Waals surface area contributed by atoms with Gasteiger partial charge < -0.3 is 10.2 Å². The summed E-state index contributed by atoms with van der Waals surface area (Å²) in [4.78, 5) is 27.5. The van der Waals surface area contributed by atoms with Crippen molar-refractivity contribution in [1.29, 1.82) is 0 Å². The molecule has 2 aromatic rings. The van der Waals surface area contributed by atoms with Crippen molar-refractivity contribution in [3.05, 3.63) is 65.2 Å². The zero-order valence-corrected chi connectivity index (χ0v) is 21.1. The summed E-state index contributed by atoms with van der Waals surface area (Å²) < 4.78 is 26.8. The number of halogens is 1. The molecule has 0 saturated carbocycles. The summed E-state index contributed by atoms with van der Waals surface area (Å²) in [6.07, 6.45) is 1.31. The van der Waals surface area contributed by atoms with Crippen LogP contribution in [-0.4, -0.2) is 61.7 Å². The van der Waals surface area contributed by atoms with Crippen molar-refractivity contribution in [3.8, 4) is 0 Å². The molecule has 0 aromatic heterocycles. The number of benzene rings is 2. The van der Waals surface area contributed by atoms with Crippen molar-refractivity contribution >= 4 is 33.4 Å². The maximum Gasteiger partial charge on any atom is 0.243 e. The second-order valence-corrected chi connectivity index (χ2v) is 10.5. The molecule has 0 heterocycles. The molecule has 0 radical (unpaired) electrons. The highest BCUT2D eigenvalue weighted by Crippen LogP contribution is 2.18. The van der Waals surface area contributed by atoms with Crippen molar-refractivity contribution in [1.82, 2.24) is 14.5 Å². The first kappa shape index (κ1) is 26.8. The van der Waals surface area contributed by atoms with Gasteiger partial charge in [-0.3, -0.25) is 9.59 Å². The summed E-state index contributed by atoms with van der Waals surface area (Å²) in [5.41, 5.74) is 1.02. The van der Waals surface area contributed by atoms with Gasteiger partial charge in [0.15, 0.2) is 0 Å². The van der Waals surface area contributed by atoms with Gasteiger partial charge in [0.2, 0.25) is 21.8 Å². The van der Waals surface area contributed by atoms with Gasteiger partial charge in [0.05, 0.1) is 11.4 Å². The summed E-state index contributed by atoms with van der Waals surface area (Å²) in [6.45, 7) is 5.42. The van der Waals surface area contributed by atoms with E-state index in [4.69, 9.17) is 11.6 Å². The van der Waals surface area contributed by atoms with Crippen LogP contribution in [0.25, 0.3) is 0 Å². The highest BCUT2D eigenvalue weighted by Gasteiger charge is 2.30.